The number of nitrogens with zero attached hydrogens (tertiary/aromatic N) is 3. The molecule has 0 saturated carbocycles. The molecule has 138 valence electrons. The molecule has 0 aliphatic carbocycles. The third-order valence-electron chi connectivity index (χ3n) is 4.29. The molecule has 2 heterocycles. The number of guanidine groups is 1. The summed E-state index contributed by atoms with van der Waals surface area (Å²) in [4.78, 5) is 11.4. The molecule has 3 rings (SSSR count). The Hall–Kier alpha value is -2.47. The van der Waals surface area contributed by atoms with Gasteiger partial charge in [-0.15, -0.1) is 0 Å². The maximum Gasteiger partial charge on any atom is 0.193 e. The molecule has 0 atom stereocenters. The van der Waals surface area contributed by atoms with E-state index in [2.05, 4.69) is 26.3 Å². The number of pyridine rings is 1. The zero-order chi connectivity index (χ0) is 18.5. The van der Waals surface area contributed by atoms with Crippen molar-refractivity contribution in [2.45, 2.75) is 26.3 Å². The molecule has 0 unspecified atom stereocenters. The molecule has 7 heteroatoms. The average molecular weight is 374 g/mol. The van der Waals surface area contributed by atoms with Crippen LogP contribution in [-0.4, -0.2) is 31.1 Å². The van der Waals surface area contributed by atoms with Crippen molar-refractivity contribution in [2.24, 2.45) is 10.7 Å². The van der Waals surface area contributed by atoms with Crippen LogP contribution in [0.2, 0.25) is 5.02 Å². The first kappa shape index (κ1) is 18.3. The number of nitrogens with two attached hydrogens (primary N) is 1. The summed E-state index contributed by atoms with van der Waals surface area (Å²) in [5.74, 6) is 1.99. The van der Waals surface area contributed by atoms with Gasteiger partial charge in [-0.1, -0.05) is 11.6 Å². The van der Waals surface area contributed by atoms with E-state index in [9.17, 15) is 0 Å². The van der Waals surface area contributed by atoms with Crippen LogP contribution < -0.4 is 20.7 Å². The van der Waals surface area contributed by atoms with E-state index in [-0.39, 0.29) is 0 Å². The maximum atomic E-state index is 6.13. The molecular formula is C19H24ClN5O. The van der Waals surface area contributed by atoms with E-state index in [1.54, 1.807) is 19.2 Å². The normalized spacial score (nSPS) is 14.6. The van der Waals surface area contributed by atoms with Gasteiger partial charge < -0.3 is 20.7 Å². The van der Waals surface area contributed by atoms with Crippen LogP contribution in [0.5, 0.6) is 5.75 Å². The number of ether oxygens (including phenoxy) is 1. The quantitative estimate of drug-likeness (QED) is 0.618. The second kappa shape index (κ2) is 8.27. The lowest BCUT2D eigenvalue weighted by molar-refractivity contribution is 0.415. The number of methoxy groups -OCH3 is 1. The van der Waals surface area contributed by atoms with Crippen molar-refractivity contribution < 1.29 is 4.74 Å². The van der Waals surface area contributed by atoms with Crippen LogP contribution in [0.1, 0.15) is 24.1 Å². The Morgan fingerprint density at radius 3 is 2.77 bits per heavy atom. The fourth-order valence-corrected chi connectivity index (χ4v) is 3.29. The zero-order valence-corrected chi connectivity index (χ0v) is 15.9. The number of nitrogens with one attached hydrogen (secondary N) is 1. The number of aryl methyl sites for hydroxylation is 1. The molecule has 6 nitrogen and oxygen atoms in total. The molecule has 26 heavy (non-hydrogen) atoms. The Morgan fingerprint density at radius 1 is 1.31 bits per heavy atom. The van der Waals surface area contributed by atoms with Gasteiger partial charge in [0.1, 0.15) is 11.6 Å². The van der Waals surface area contributed by atoms with Gasteiger partial charge in [-0.2, -0.15) is 0 Å². The van der Waals surface area contributed by atoms with Crippen molar-refractivity contribution in [3.63, 3.8) is 0 Å². The number of hydrogen-bond donors (Lipinski definition) is 2. The number of anilines is 2. The lowest BCUT2D eigenvalue weighted by Gasteiger charge is -2.17. The minimum Gasteiger partial charge on any atom is -0.495 e. The van der Waals surface area contributed by atoms with Crippen molar-refractivity contribution in [2.75, 3.05) is 30.4 Å². The molecule has 1 aromatic heterocycles. The molecule has 2 aromatic rings. The molecule has 1 fully saturated rings. The predicted octanol–water partition coefficient (Wildman–Crippen LogP) is 3.58. The summed E-state index contributed by atoms with van der Waals surface area (Å²) < 4.78 is 5.14. The van der Waals surface area contributed by atoms with Crippen LogP contribution in [-0.2, 0) is 6.54 Å². The molecule has 0 amide bonds. The molecule has 1 aromatic carbocycles. The van der Waals surface area contributed by atoms with Gasteiger partial charge in [0, 0.05) is 24.5 Å². The number of aromatic nitrogens is 1. The minimum absolute atomic E-state index is 0.337. The highest BCUT2D eigenvalue weighted by atomic mass is 35.5. The molecule has 0 spiro atoms. The molecule has 3 N–H and O–H groups in total. The van der Waals surface area contributed by atoms with Crippen molar-refractivity contribution in [1.82, 2.24) is 4.98 Å². The van der Waals surface area contributed by atoms with Gasteiger partial charge in [0.05, 0.1) is 18.7 Å². The van der Waals surface area contributed by atoms with Crippen LogP contribution in [0.3, 0.4) is 0 Å². The Labute approximate surface area is 159 Å². The Bertz CT molecular complexity index is 803. The number of aliphatic imine (C=N–C) groups is 1. The zero-order valence-electron chi connectivity index (χ0n) is 15.1. The first-order valence-corrected chi connectivity index (χ1v) is 9.06. The van der Waals surface area contributed by atoms with Crippen LogP contribution in [0.4, 0.5) is 11.5 Å². The number of benzene rings is 1. The first-order chi connectivity index (χ1) is 12.5. The van der Waals surface area contributed by atoms with E-state index < -0.39 is 0 Å². The van der Waals surface area contributed by atoms with Crippen LogP contribution in [0, 0.1) is 6.92 Å². The molecule has 1 aliphatic rings. The highest BCUT2D eigenvalue weighted by Gasteiger charge is 2.14. The Kier molecular flexibility index (Phi) is 5.83. The maximum absolute atomic E-state index is 6.13. The monoisotopic (exact) mass is 373 g/mol. The second-order valence-electron chi connectivity index (χ2n) is 6.34. The third kappa shape index (κ3) is 4.58. The van der Waals surface area contributed by atoms with Gasteiger partial charge in [0.2, 0.25) is 0 Å². The number of hydrogen-bond acceptors (Lipinski definition) is 4. The van der Waals surface area contributed by atoms with E-state index in [4.69, 9.17) is 22.1 Å². The molecule has 0 bridgehead atoms. The summed E-state index contributed by atoms with van der Waals surface area (Å²) >= 11 is 6.13. The summed E-state index contributed by atoms with van der Waals surface area (Å²) in [6.45, 7) is 4.64. The summed E-state index contributed by atoms with van der Waals surface area (Å²) in [5.41, 5.74) is 8.86. The van der Waals surface area contributed by atoms with E-state index in [1.165, 1.54) is 12.8 Å². The lowest BCUT2D eigenvalue weighted by Crippen LogP contribution is -2.22. The van der Waals surface area contributed by atoms with Gasteiger partial charge in [0.25, 0.3) is 0 Å². The second-order valence-corrected chi connectivity index (χ2v) is 6.75. The van der Waals surface area contributed by atoms with Gasteiger partial charge in [-0.25, -0.2) is 9.98 Å². The fourth-order valence-electron chi connectivity index (χ4n) is 3.03. The molecule has 1 saturated heterocycles. The highest BCUT2D eigenvalue weighted by molar-refractivity contribution is 6.32. The van der Waals surface area contributed by atoms with E-state index >= 15 is 0 Å². The first-order valence-electron chi connectivity index (χ1n) is 8.68. The van der Waals surface area contributed by atoms with Gasteiger partial charge >= 0.3 is 0 Å². The van der Waals surface area contributed by atoms with Gasteiger partial charge in [0.15, 0.2) is 5.96 Å². The van der Waals surface area contributed by atoms with Crippen LogP contribution >= 0.6 is 11.6 Å². The lowest BCUT2D eigenvalue weighted by atomic mass is 10.2. The largest absolute Gasteiger partial charge is 0.495 e. The smallest absolute Gasteiger partial charge is 0.193 e. The molecule has 0 radical (unpaired) electrons. The summed E-state index contributed by atoms with van der Waals surface area (Å²) in [5, 5.41) is 3.57. The number of rotatable bonds is 5. The Balaban J connectivity index is 1.67. The average Bonchev–Trinajstić information content (AvgIpc) is 3.14. The SMILES string of the molecule is COc1ccc(NC(N)=NCc2cc(C)nc(N3CCCC3)c2)cc1Cl. The minimum atomic E-state index is 0.337. The highest BCUT2D eigenvalue weighted by Crippen LogP contribution is 2.27. The van der Waals surface area contributed by atoms with Crippen molar-refractivity contribution in [3.8, 4) is 5.75 Å². The van der Waals surface area contributed by atoms with Crippen molar-refractivity contribution >= 4 is 29.1 Å². The summed E-state index contributed by atoms with van der Waals surface area (Å²) in [6.07, 6.45) is 2.45. The molecule has 1 aliphatic heterocycles. The van der Waals surface area contributed by atoms with Crippen LogP contribution in [0.15, 0.2) is 35.3 Å². The predicted molar refractivity (Wildman–Crippen MR) is 107 cm³/mol. The van der Waals surface area contributed by atoms with Crippen molar-refractivity contribution in [3.05, 3.63) is 46.6 Å². The molecular weight excluding hydrogens is 350 g/mol. The number of halogens is 1. The topological polar surface area (TPSA) is 75.8 Å². The third-order valence-corrected chi connectivity index (χ3v) is 4.58. The van der Waals surface area contributed by atoms with Gasteiger partial charge in [-0.3, -0.25) is 0 Å². The summed E-state index contributed by atoms with van der Waals surface area (Å²) in [7, 11) is 1.58. The standard InChI is InChI=1S/C19H24ClN5O/c1-13-9-14(10-18(23-13)25-7-3-4-8-25)12-22-19(21)24-15-5-6-17(26-2)16(20)11-15/h5-6,9-11H,3-4,7-8,12H2,1-2H3,(H3,21,22,24). The summed E-state index contributed by atoms with van der Waals surface area (Å²) in [6, 6.07) is 9.52. The van der Waals surface area contributed by atoms with E-state index in [0.29, 0.717) is 23.3 Å². The van der Waals surface area contributed by atoms with Crippen molar-refractivity contribution in [1.29, 1.82) is 0 Å². The fraction of sp³-hybridized carbons (Fsp3) is 0.368. The van der Waals surface area contributed by atoms with Gasteiger partial charge in [-0.05, 0) is 55.7 Å². The Morgan fingerprint density at radius 2 is 2.08 bits per heavy atom. The van der Waals surface area contributed by atoms with E-state index in [0.717, 1.165) is 35.9 Å². The van der Waals surface area contributed by atoms with Crippen LogP contribution in [0.25, 0.3) is 0 Å². The van der Waals surface area contributed by atoms with E-state index in [1.807, 2.05) is 19.1 Å².